The maximum Gasteiger partial charge on any atom is 0.191 e. The topological polar surface area (TPSA) is 67.1 Å². The van der Waals surface area contributed by atoms with Crippen molar-refractivity contribution in [3.05, 3.63) is 47.0 Å². The molecule has 2 aromatic rings. The Labute approximate surface area is 166 Å². The van der Waals surface area contributed by atoms with Gasteiger partial charge in [0.2, 0.25) is 0 Å². The van der Waals surface area contributed by atoms with Crippen LogP contribution in [0.4, 0.5) is 0 Å². The van der Waals surface area contributed by atoms with Crippen molar-refractivity contribution in [2.24, 2.45) is 4.99 Å². The maximum atomic E-state index is 4.32. The molecule has 1 aromatic carbocycles. The normalized spacial score (nSPS) is 13.8. The van der Waals surface area contributed by atoms with E-state index in [9.17, 15) is 0 Å². The summed E-state index contributed by atoms with van der Waals surface area (Å²) in [5.74, 6) is 2.88. The average molecular weight is 454 g/mol. The summed E-state index contributed by atoms with van der Waals surface area (Å²) in [5.41, 5.74) is 2.68. The summed E-state index contributed by atoms with van der Waals surface area (Å²) in [4.78, 5) is 4.31. The summed E-state index contributed by atoms with van der Waals surface area (Å²) in [6, 6.07) is 8.50. The Bertz CT molecular complexity index is 709. The van der Waals surface area contributed by atoms with Crippen molar-refractivity contribution in [2.75, 3.05) is 7.05 Å². The van der Waals surface area contributed by atoms with Crippen molar-refractivity contribution in [2.45, 2.75) is 52.2 Å². The zero-order chi connectivity index (χ0) is 16.8. The third-order valence-corrected chi connectivity index (χ3v) is 4.52. The molecule has 1 aromatic heterocycles. The second-order valence-electron chi connectivity index (χ2n) is 6.04. The molecule has 0 radical (unpaired) electrons. The summed E-state index contributed by atoms with van der Waals surface area (Å²) in [6.45, 7) is 4.61. The predicted molar refractivity (Wildman–Crippen MR) is 111 cm³/mol. The molecule has 25 heavy (non-hydrogen) atoms. The van der Waals surface area contributed by atoms with Crippen LogP contribution in [0.3, 0.4) is 0 Å². The first-order valence-electron chi connectivity index (χ1n) is 8.74. The van der Waals surface area contributed by atoms with Gasteiger partial charge in [-0.15, -0.1) is 34.2 Å². The Balaban J connectivity index is 0.00000225. The molecule has 136 valence electrons. The van der Waals surface area contributed by atoms with Gasteiger partial charge in [0.15, 0.2) is 11.8 Å². The number of aryl methyl sites for hydroxylation is 2. The number of aromatic nitrogens is 3. The third kappa shape index (κ3) is 4.93. The van der Waals surface area contributed by atoms with Gasteiger partial charge in [0.25, 0.3) is 0 Å². The zero-order valence-corrected chi connectivity index (χ0v) is 17.3. The molecular formula is C18H27IN6. The average Bonchev–Trinajstić information content (AvgIpc) is 3.05. The molecule has 0 saturated carbocycles. The lowest BCUT2D eigenvalue weighted by Crippen LogP contribution is -2.37. The summed E-state index contributed by atoms with van der Waals surface area (Å²) in [7, 11) is 1.79. The van der Waals surface area contributed by atoms with Gasteiger partial charge in [-0.1, -0.05) is 31.2 Å². The van der Waals surface area contributed by atoms with Gasteiger partial charge in [-0.3, -0.25) is 4.99 Å². The van der Waals surface area contributed by atoms with Crippen molar-refractivity contribution in [3.63, 3.8) is 0 Å². The van der Waals surface area contributed by atoms with Gasteiger partial charge < -0.3 is 15.2 Å². The van der Waals surface area contributed by atoms with Crippen LogP contribution in [0.2, 0.25) is 0 Å². The molecule has 2 N–H and O–H groups in total. The zero-order valence-electron chi connectivity index (χ0n) is 15.0. The molecule has 1 aliphatic rings. The Hall–Kier alpha value is -1.64. The monoisotopic (exact) mass is 454 g/mol. The van der Waals surface area contributed by atoms with Crippen LogP contribution in [0.25, 0.3) is 0 Å². The Morgan fingerprint density at radius 2 is 1.88 bits per heavy atom. The number of halogens is 1. The Kier molecular flexibility index (Phi) is 7.67. The van der Waals surface area contributed by atoms with Crippen LogP contribution in [-0.4, -0.2) is 27.8 Å². The van der Waals surface area contributed by atoms with Gasteiger partial charge in [0, 0.05) is 26.6 Å². The van der Waals surface area contributed by atoms with Gasteiger partial charge in [-0.25, -0.2) is 0 Å². The van der Waals surface area contributed by atoms with Gasteiger partial charge in [-0.05, 0) is 30.4 Å². The number of fused-ring (bicyclic) bond motifs is 1. The van der Waals surface area contributed by atoms with Crippen molar-refractivity contribution in [1.82, 2.24) is 25.4 Å². The van der Waals surface area contributed by atoms with Crippen LogP contribution in [0.5, 0.6) is 0 Å². The summed E-state index contributed by atoms with van der Waals surface area (Å²) < 4.78 is 2.23. The number of hydrogen-bond donors (Lipinski definition) is 2. The molecule has 6 nitrogen and oxygen atoms in total. The Morgan fingerprint density at radius 1 is 1.12 bits per heavy atom. The van der Waals surface area contributed by atoms with E-state index in [-0.39, 0.29) is 24.0 Å². The van der Waals surface area contributed by atoms with E-state index >= 15 is 0 Å². The molecule has 0 saturated heterocycles. The highest BCUT2D eigenvalue weighted by Crippen LogP contribution is 2.14. The molecule has 0 fully saturated rings. The fourth-order valence-electron chi connectivity index (χ4n) is 3.14. The van der Waals surface area contributed by atoms with Crippen molar-refractivity contribution < 1.29 is 0 Å². The minimum atomic E-state index is 0. The lowest BCUT2D eigenvalue weighted by atomic mass is 10.1. The summed E-state index contributed by atoms with van der Waals surface area (Å²) in [5, 5.41) is 15.3. The number of nitrogens with one attached hydrogen (secondary N) is 2. The fourth-order valence-corrected chi connectivity index (χ4v) is 3.14. The molecule has 7 heteroatoms. The molecular weight excluding hydrogens is 427 g/mol. The number of rotatable bonds is 5. The van der Waals surface area contributed by atoms with Crippen LogP contribution in [-0.2, 0) is 32.5 Å². The number of guanidine groups is 1. The van der Waals surface area contributed by atoms with Gasteiger partial charge in [0.05, 0.1) is 6.54 Å². The fraction of sp³-hybridized carbons (Fsp3) is 0.500. The highest BCUT2D eigenvalue weighted by atomic mass is 127. The van der Waals surface area contributed by atoms with Crippen molar-refractivity contribution in [3.8, 4) is 0 Å². The maximum absolute atomic E-state index is 4.32. The standard InChI is InChI=1S/C18H26N6.HI/c1-3-14-8-4-5-9-15(14)12-20-18(19-2)21-13-17-23-22-16-10-6-7-11-24(16)17;/h4-5,8-9H,3,6-7,10-13H2,1-2H3,(H2,19,20,21);1H. The van der Waals surface area contributed by atoms with Gasteiger partial charge >= 0.3 is 0 Å². The minimum Gasteiger partial charge on any atom is -0.352 e. The predicted octanol–water partition coefficient (Wildman–Crippen LogP) is 2.66. The van der Waals surface area contributed by atoms with E-state index in [1.807, 2.05) is 0 Å². The lowest BCUT2D eigenvalue weighted by Gasteiger charge is -2.16. The number of benzene rings is 1. The summed E-state index contributed by atoms with van der Waals surface area (Å²) in [6.07, 6.45) is 4.49. The van der Waals surface area contributed by atoms with Gasteiger partial charge in [0.1, 0.15) is 5.82 Å². The molecule has 1 aliphatic heterocycles. The first-order chi connectivity index (χ1) is 11.8. The third-order valence-electron chi connectivity index (χ3n) is 4.52. The first kappa shape index (κ1) is 19.7. The quantitative estimate of drug-likeness (QED) is 0.414. The number of nitrogens with zero attached hydrogens (tertiary/aromatic N) is 4. The highest BCUT2D eigenvalue weighted by Gasteiger charge is 2.15. The van der Waals surface area contributed by atoms with Crippen LogP contribution in [0.1, 0.15) is 42.5 Å². The SMILES string of the molecule is CCc1ccccc1CNC(=NC)NCc1nnc2n1CCCC2.I. The summed E-state index contributed by atoms with van der Waals surface area (Å²) >= 11 is 0. The number of hydrogen-bond acceptors (Lipinski definition) is 3. The first-order valence-corrected chi connectivity index (χ1v) is 8.74. The van der Waals surface area contributed by atoms with Crippen LogP contribution >= 0.6 is 24.0 Å². The molecule has 0 unspecified atom stereocenters. The number of aliphatic imine (C=N–C) groups is 1. The second-order valence-corrected chi connectivity index (χ2v) is 6.04. The van der Waals surface area contributed by atoms with E-state index in [1.165, 1.54) is 24.0 Å². The van der Waals surface area contributed by atoms with E-state index in [4.69, 9.17) is 0 Å². The lowest BCUT2D eigenvalue weighted by molar-refractivity contribution is 0.504. The van der Waals surface area contributed by atoms with E-state index in [2.05, 4.69) is 61.6 Å². The van der Waals surface area contributed by atoms with Crippen molar-refractivity contribution >= 4 is 29.9 Å². The molecule has 0 bridgehead atoms. The van der Waals surface area contributed by atoms with E-state index in [0.29, 0.717) is 6.54 Å². The van der Waals surface area contributed by atoms with Crippen LogP contribution in [0, 0.1) is 0 Å². The van der Waals surface area contributed by atoms with E-state index in [0.717, 1.165) is 43.5 Å². The molecule has 0 spiro atoms. The molecule has 0 amide bonds. The molecule has 0 atom stereocenters. The Morgan fingerprint density at radius 3 is 2.64 bits per heavy atom. The van der Waals surface area contributed by atoms with Crippen LogP contribution < -0.4 is 10.6 Å². The van der Waals surface area contributed by atoms with Crippen molar-refractivity contribution in [1.29, 1.82) is 0 Å². The second kappa shape index (κ2) is 9.74. The van der Waals surface area contributed by atoms with Gasteiger partial charge in [-0.2, -0.15) is 0 Å². The largest absolute Gasteiger partial charge is 0.352 e. The van der Waals surface area contributed by atoms with E-state index in [1.54, 1.807) is 7.05 Å². The molecule has 0 aliphatic carbocycles. The molecule has 2 heterocycles. The highest BCUT2D eigenvalue weighted by molar-refractivity contribution is 14.0. The van der Waals surface area contributed by atoms with Crippen LogP contribution in [0.15, 0.2) is 29.3 Å². The smallest absolute Gasteiger partial charge is 0.191 e. The molecule has 3 rings (SSSR count). The minimum absolute atomic E-state index is 0. The van der Waals surface area contributed by atoms with E-state index < -0.39 is 0 Å².